The van der Waals surface area contributed by atoms with Gasteiger partial charge in [-0.25, -0.2) is 0 Å². The average molecular weight is 272 g/mol. The van der Waals surface area contributed by atoms with Gasteiger partial charge >= 0.3 is 0 Å². The zero-order chi connectivity index (χ0) is 14.4. The summed E-state index contributed by atoms with van der Waals surface area (Å²) in [6, 6.07) is 8.93. The Balaban J connectivity index is 0.000000247. The van der Waals surface area contributed by atoms with Gasteiger partial charge in [0.05, 0.1) is 0 Å². The van der Waals surface area contributed by atoms with E-state index in [4.69, 9.17) is 0 Å². The second-order valence-corrected chi connectivity index (χ2v) is 7.07. The van der Waals surface area contributed by atoms with E-state index in [1.165, 1.54) is 56.9 Å². The predicted molar refractivity (Wildman–Crippen MR) is 89.2 cm³/mol. The molecule has 1 aromatic carbocycles. The predicted octanol–water partition coefficient (Wildman–Crippen LogP) is 6.49. The van der Waals surface area contributed by atoms with E-state index >= 15 is 0 Å². The third kappa shape index (κ3) is 4.11. The lowest BCUT2D eigenvalue weighted by atomic mass is 9.80. The summed E-state index contributed by atoms with van der Waals surface area (Å²) in [4.78, 5) is 0. The Labute approximate surface area is 126 Å². The molecule has 1 aromatic rings. The number of rotatable bonds is 2. The van der Waals surface area contributed by atoms with Crippen LogP contribution in [-0.4, -0.2) is 0 Å². The quantitative estimate of drug-likeness (QED) is 0.577. The summed E-state index contributed by atoms with van der Waals surface area (Å²) in [6.07, 6.45) is 11.7. The Morgan fingerprint density at radius 3 is 2.00 bits per heavy atom. The summed E-state index contributed by atoms with van der Waals surface area (Å²) < 4.78 is 0. The van der Waals surface area contributed by atoms with Crippen LogP contribution in [0, 0.1) is 18.8 Å². The topological polar surface area (TPSA) is 0 Å². The van der Waals surface area contributed by atoms with Crippen molar-refractivity contribution >= 4 is 0 Å². The summed E-state index contributed by atoms with van der Waals surface area (Å²) in [6.45, 7) is 7.01. The van der Waals surface area contributed by atoms with Gasteiger partial charge in [-0.15, -0.1) is 0 Å². The van der Waals surface area contributed by atoms with E-state index in [0.717, 1.165) is 17.8 Å². The van der Waals surface area contributed by atoms with E-state index in [-0.39, 0.29) is 0 Å². The lowest BCUT2D eigenvalue weighted by Gasteiger charge is -2.24. The third-order valence-electron chi connectivity index (χ3n) is 5.26. The number of aryl methyl sites for hydroxylation is 1. The van der Waals surface area contributed by atoms with Crippen molar-refractivity contribution in [3.63, 3.8) is 0 Å². The van der Waals surface area contributed by atoms with E-state index in [9.17, 15) is 0 Å². The lowest BCUT2D eigenvalue weighted by Crippen LogP contribution is -2.13. The summed E-state index contributed by atoms with van der Waals surface area (Å²) in [7, 11) is 0. The van der Waals surface area contributed by atoms with Gasteiger partial charge < -0.3 is 0 Å². The minimum atomic E-state index is 0.825. The standard InChI is InChI=1S/C15H22.C5H10/c1-11(2)13-9-6-10-15(13)14-8-5-4-7-12(14)3;1-2-4-5-3-1/h4-5,7-8,11,13,15H,6,9-10H2,1-3H3;1-5H2. The van der Waals surface area contributed by atoms with Gasteiger partial charge in [-0.1, -0.05) is 76.6 Å². The maximum atomic E-state index is 2.38. The van der Waals surface area contributed by atoms with Crippen LogP contribution in [0.4, 0.5) is 0 Å². The van der Waals surface area contributed by atoms with Gasteiger partial charge in [-0.3, -0.25) is 0 Å². The van der Waals surface area contributed by atoms with Crippen molar-refractivity contribution in [2.75, 3.05) is 0 Å². The monoisotopic (exact) mass is 272 g/mol. The number of hydrogen-bond donors (Lipinski definition) is 0. The first-order chi connectivity index (χ1) is 9.70. The molecule has 20 heavy (non-hydrogen) atoms. The van der Waals surface area contributed by atoms with Crippen molar-refractivity contribution in [1.29, 1.82) is 0 Å². The van der Waals surface area contributed by atoms with E-state index in [1.807, 2.05) is 0 Å². The second kappa shape index (κ2) is 7.86. The molecule has 0 nitrogen and oxygen atoms in total. The highest BCUT2D eigenvalue weighted by Crippen LogP contribution is 2.44. The zero-order valence-electron chi connectivity index (χ0n) is 13.7. The first-order valence-corrected chi connectivity index (χ1v) is 8.75. The minimum absolute atomic E-state index is 0.825. The van der Waals surface area contributed by atoms with Crippen molar-refractivity contribution in [2.45, 2.75) is 78.1 Å². The van der Waals surface area contributed by atoms with Crippen molar-refractivity contribution in [3.8, 4) is 0 Å². The molecule has 0 spiro atoms. The van der Waals surface area contributed by atoms with Gasteiger partial charge in [0, 0.05) is 0 Å². The van der Waals surface area contributed by atoms with Crippen LogP contribution in [0.3, 0.4) is 0 Å². The molecule has 2 saturated carbocycles. The van der Waals surface area contributed by atoms with Crippen LogP contribution in [0.5, 0.6) is 0 Å². The summed E-state index contributed by atoms with van der Waals surface area (Å²) in [5, 5.41) is 0. The largest absolute Gasteiger partial charge is 0.0625 e. The van der Waals surface area contributed by atoms with Gasteiger partial charge in [-0.2, -0.15) is 0 Å². The fourth-order valence-electron chi connectivity index (χ4n) is 4.06. The molecule has 0 radical (unpaired) electrons. The molecule has 0 amide bonds. The smallest absolute Gasteiger partial charge is 0.0129 e. The highest BCUT2D eigenvalue weighted by molar-refractivity contribution is 5.30. The lowest BCUT2D eigenvalue weighted by molar-refractivity contribution is 0.357. The van der Waals surface area contributed by atoms with Crippen molar-refractivity contribution in [2.24, 2.45) is 11.8 Å². The van der Waals surface area contributed by atoms with Gasteiger partial charge in [0.2, 0.25) is 0 Å². The molecule has 2 aliphatic rings. The molecule has 3 rings (SSSR count). The minimum Gasteiger partial charge on any atom is -0.0625 e. The van der Waals surface area contributed by atoms with Crippen LogP contribution in [0.25, 0.3) is 0 Å². The van der Waals surface area contributed by atoms with E-state index < -0.39 is 0 Å². The van der Waals surface area contributed by atoms with Crippen molar-refractivity contribution in [1.82, 2.24) is 0 Å². The molecule has 112 valence electrons. The molecule has 0 aliphatic heterocycles. The van der Waals surface area contributed by atoms with E-state index in [0.29, 0.717) is 0 Å². The molecule has 2 unspecified atom stereocenters. The maximum Gasteiger partial charge on any atom is -0.0129 e. The molecule has 0 aromatic heterocycles. The molecular weight excluding hydrogens is 240 g/mol. The van der Waals surface area contributed by atoms with Crippen LogP contribution in [-0.2, 0) is 0 Å². The first-order valence-electron chi connectivity index (χ1n) is 8.75. The van der Waals surface area contributed by atoms with E-state index in [1.54, 1.807) is 5.56 Å². The van der Waals surface area contributed by atoms with Crippen LogP contribution in [0.2, 0.25) is 0 Å². The van der Waals surface area contributed by atoms with Crippen molar-refractivity contribution in [3.05, 3.63) is 35.4 Å². The molecule has 0 N–H and O–H groups in total. The highest BCUT2D eigenvalue weighted by atomic mass is 14.4. The average Bonchev–Trinajstić information content (AvgIpc) is 3.14. The van der Waals surface area contributed by atoms with Crippen LogP contribution >= 0.6 is 0 Å². The van der Waals surface area contributed by atoms with Gasteiger partial charge in [-0.05, 0) is 48.6 Å². The summed E-state index contributed by atoms with van der Waals surface area (Å²) in [5.41, 5.74) is 3.09. The van der Waals surface area contributed by atoms with Gasteiger partial charge in [0.15, 0.2) is 0 Å². The molecule has 2 atom stereocenters. The Hall–Kier alpha value is -0.780. The molecule has 0 heterocycles. The Bertz CT molecular complexity index is 379. The van der Waals surface area contributed by atoms with Gasteiger partial charge in [0.25, 0.3) is 0 Å². The fraction of sp³-hybridized carbons (Fsp3) is 0.700. The first kappa shape index (κ1) is 15.6. The fourth-order valence-corrected chi connectivity index (χ4v) is 4.06. The zero-order valence-corrected chi connectivity index (χ0v) is 13.7. The molecule has 2 aliphatic carbocycles. The van der Waals surface area contributed by atoms with Crippen molar-refractivity contribution < 1.29 is 0 Å². The number of hydrogen-bond acceptors (Lipinski definition) is 0. The molecule has 0 bridgehead atoms. The van der Waals surface area contributed by atoms with Crippen LogP contribution in [0.15, 0.2) is 24.3 Å². The van der Waals surface area contributed by atoms with E-state index in [2.05, 4.69) is 45.0 Å². The molecule has 2 fully saturated rings. The van der Waals surface area contributed by atoms with Crippen LogP contribution < -0.4 is 0 Å². The third-order valence-corrected chi connectivity index (χ3v) is 5.26. The highest BCUT2D eigenvalue weighted by Gasteiger charge is 2.31. The normalized spacial score (nSPS) is 25.6. The SMILES string of the molecule is C1CCCC1.Cc1ccccc1C1CCCC1C(C)C. The molecular formula is C20H32. The molecule has 0 saturated heterocycles. The maximum absolute atomic E-state index is 2.38. The number of benzene rings is 1. The summed E-state index contributed by atoms with van der Waals surface area (Å²) in [5.74, 6) is 2.56. The summed E-state index contributed by atoms with van der Waals surface area (Å²) >= 11 is 0. The Morgan fingerprint density at radius 2 is 1.45 bits per heavy atom. The van der Waals surface area contributed by atoms with Crippen LogP contribution in [0.1, 0.15) is 82.3 Å². The van der Waals surface area contributed by atoms with Gasteiger partial charge in [0.1, 0.15) is 0 Å². The second-order valence-electron chi connectivity index (χ2n) is 7.07. The Kier molecular flexibility index (Phi) is 6.13. The Morgan fingerprint density at radius 1 is 0.850 bits per heavy atom. The molecule has 0 heteroatoms.